The van der Waals surface area contributed by atoms with Gasteiger partial charge in [0.05, 0.1) is 25.4 Å². The first-order valence-corrected chi connectivity index (χ1v) is 25.0. The average molecular weight is 888 g/mol. The number of ether oxygens (including phenoxy) is 2. The van der Waals surface area contributed by atoms with Gasteiger partial charge in [-0.3, -0.25) is 9.35 Å². The van der Waals surface area contributed by atoms with Crippen molar-refractivity contribution in [1.29, 1.82) is 0 Å². The van der Waals surface area contributed by atoms with Crippen molar-refractivity contribution >= 4 is 16.3 Å². The van der Waals surface area contributed by atoms with Crippen LogP contribution in [0.15, 0.2) is 48.6 Å². The zero-order valence-corrected chi connectivity index (χ0v) is 38.4. The zero-order valence-electron chi connectivity index (χ0n) is 37.6. The maximum atomic E-state index is 13.1. The number of amides is 1. The molecule has 8 atom stereocenters. The van der Waals surface area contributed by atoms with Crippen LogP contribution >= 0.6 is 0 Å². The molecule has 13 nitrogen and oxygen atoms in total. The summed E-state index contributed by atoms with van der Waals surface area (Å²) in [5, 5.41) is 55.2. The average Bonchev–Trinajstić information content (AvgIpc) is 3.23. The highest BCUT2D eigenvalue weighted by atomic mass is 32.3. The molecule has 0 radical (unpaired) electrons. The lowest BCUT2D eigenvalue weighted by molar-refractivity contribution is -0.298. The SMILES string of the molecule is CCCCC/C=C\C=C/CCCCCCCCCCCC(O)C(=O)NC(COC1OC(CO)C(O)C(OS(=O)(=O)O)C1O)C(O)/C=C/CC/C=C/CCCCCCCCCC. The highest BCUT2D eigenvalue weighted by Crippen LogP contribution is 2.26. The number of carbonyl (C=O) groups is 1. The van der Waals surface area contributed by atoms with E-state index in [0.29, 0.717) is 12.8 Å². The molecule has 1 aliphatic rings. The second-order valence-corrected chi connectivity index (χ2v) is 17.5. The minimum absolute atomic E-state index is 0.229. The second-order valence-electron chi connectivity index (χ2n) is 16.5. The standard InChI is InChI=1S/C47H85NO12S/c1-3-5-7-9-11-13-15-17-19-20-21-22-24-26-28-30-32-34-36-41(51)46(54)48-39(38-58-47-44(53)45(60-61(55,56)57)43(52)42(37-49)59-47)40(50)35-33-31-29-27-25-23-18-16-14-12-10-8-6-4-2/h11,13,15,17,25,27,33,35,39-45,47,49-53H,3-10,12,14,16,18-24,26,28-32,34,36-38H2,1-2H3,(H,48,54)(H,55,56,57)/b13-11-,17-15-,27-25+,35-33+. The van der Waals surface area contributed by atoms with E-state index in [4.69, 9.17) is 9.47 Å². The van der Waals surface area contributed by atoms with Crippen molar-refractivity contribution in [2.24, 2.45) is 0 Å². The molecule has 7 N–H and O–H groups in total. The smallest absolute Gasteiger partial charge is 0.394 e. The Labute approximate surface area is 369 Å². The quantitative estimate of drug-likeness (QED) is 0.0135. The van der Waals surface area contributed by atoms with Crippen LogP contribution in [0.2, 0.25) is 0 Å². The first-order valence-electron chi connectivity index (χ1n) is 23.6. The summed E-state index contributed by atoms with van der Waals surface area (Å²) in [6.45, 7) is 3.15. The van der Waals surface area contributed by atoms with E-state index in [2.05, 4.69) is 59.8 Å². The molecule has 1 rings (SSSR count). The lowest BCUT2D eigenvalue weighted by atomic mass is 9.99. The summed E-state index contributed by atoms with van der Waals surface area (Å²) >= 11 is 0. The Morgan fingerprint density at radius 2 is 1.15 bits per heavy atom. The largest absolute Gasteiger partial charge is 0.397 e. The molecule has 1 fully saturated rings. The van der Waals surface area contributed by atoms with Crippen molar-refractivity contribution in [2.45, 2.75) is 230 Å². The molecule has 0 spiro atoms. The number of hydrogen-bond acceptors (Lipinski definition) is 11. The minimum atomic E-state index is -5.12. The Morgan fingerprint density at radius 3 is 1.70 bits per heavy atom. The minimum Gasteiger partial charge on any atom is -0.394 e. The van der Waals surface area contributed by atoms with Gasteiger partial charge in [0.15, 0.2) is 6.29 Å². The third-order valence-corrected chi connectivity index (χ3v) is 11.4. The van der Waals surface area contributed by atoms with Crippen LogP contribution in [0, 0.1) is 0 Å². The molecular formula is C47H85NO12S. The summed E-state index contributed by atoms with van der Waals surface area (Å²) < 4.78 is 47.5. The lowest BCUT2D eigenvalue weighted by Crippen LogP contribution is -2.61. The molecule has 1 aliphatic heterocycles. The highest BCUT2D eigenvalue weighted by Gasteiger charge is 2.48. The Hall–Kier alpha value is -1.98. The first kappa shape index (κ1) is 57.0. The van der Waals surface area contributed by atoms with E-state index >= 15 is 0 Å². The van der Waals surface area contributed by atoms with Gasteiger partial charge in [0.25, 0.3) is 0 Å². The Bertz CT molecular complexity index is 1290. The number of carbonyl (C=O) groups excluding carboxylic acids is 1. The molecule has 0 saturated carbocycles. The molecule has 356 valence electrons. The Kier molecular flexibility index (Phi) is 35.0. The Morgan fingerprint density at radius 1 is 0.672 bits per heavy atom. The number of aliphatic hydroxyl groups is 5. The van der Waals surface area contributed by atoms with Crippen molar-refractivity contribution in [3.05, 3.63) is 48.6 Å². The number of rotatable bonds is 39. The molecular weight excluding hydrogens is 803 g/mol. The molecule has 1 amide bonds. The topological polar surface area (TPSA) is 212 Å². The van der Waals surface area contributed by atoms with Crippen LogP contribution in [-0.2, 0) is 28.9 Å². The van der Waals surface area contributed by atoms with Crippen LogP contribution in [0.25, 0.3) is 0 Å². The molecule has 0 aromatic rings. The fraction of sp³-hybridized carbons (Fsp3) is 0.809. The van der Waals surface area contributed by atoms with Gasteiger partial charge in [0.1, 0.15) is 30.5 Å². The maximum absolute atomic E-state index is 13.1. The first-order chi connectivity index (χ1) is 29.4. The van der Waals surface area contributed by atoms with Gasteiger partial charge in [-0.2, -0.15) is 8.42 Å². The molecule has 1 saturated heterocycles. The molecule has 14 heteroatoms. The molecule has 8 unspecified atom stereocenters. The lowest BCUT2D eigenvalue weighted by Gasteiger charge is -2.41. The van der Waals surface area contributed by atoms with E-state index in [1.54, 1.807) is 6.08 Å². The fourth-order valence-corrected chi connectivity index (χ4v) is 7.68. The van der Waals surface area contributed by atoms with Crippen molar-refractivity contribution in [2.75, 3.05) is 13.2 Å². The van der Waals surface area contributed by atoms with E-state index in [9.17, 15) is 43.3 Å². The summed E-state index contributed by atoms with van der Waals surface area (Å²) in [4.78, 5) is 13.1. The number of unbranched alkanes of at least 4 members (excludes halogenated alkanes) is 21. The second kappa shape index (κ2) is 37.4. The van der Waals surface area contributed by atoms with Crippen LogP contribution in [-0.4, -0.2) is 107 Å². The number of aliphatic hydroxyl groups excluding tert-OH is 5. The number of hydrogen-bond donors (Lipinski definition) is 7. The van der Waals surface area contributed by atoms with Gasteiger partial charge in [0, 0.05) is 0 Å². The monoisotopic (exact) mass is 888 g/mol. The summed E-state index contributed by atoms with van der Waals surface area (Å²) in [7, 11) is -5.12. The van der Waals surface area contributed by atoms with Gasteiger partial charge in [0.2, 0.25) is 5.91 Å². The molecule has 0 aromatic carbocycles. The van der Waals surface area contributed by atoms with Crippen LogP contribution in [0.5, 0.6) is 0 Å². The van der Waals surface area contributed by atoms with Crippen molar-refractivity contribution in [3.63, 3.8) is 0 Å². The third-order valence-electron chi connectivity index (χ3n) is 11.0. The van der Waals surface area contributed by atoms with Crippen molar-refractivity contribution in [3.8, 4) is 0 Å². The van der Waals surface area contributed by atoms with Gasteiger partial charge in [-0.25, -0.2) is 4.18 Å². The van der Waals surface area contributed by atoms with E-state index in [1.165, 1.54) is 96.0 Å². The maximum Gasteiger partial charge on any atom is 0.397 e. The van der Waals surface area contributed by atoms with Crippen LogP contribution in [0.3, 0.4) is 0 Å². The number of allylic oxidation sites excluding steroid dienone is 7. The van der Waals surface area contributed by atoms with Gasteiger partial charge in [-0.15, -0.1) is 0 Å². The number of nitrogens with one attached hydrogen (secondary N) is 1. The molecule has 1 heterocycles. The summed E-state index contributed by atoms with van der Waals surface area (Å²) in [6, 6.07) is -1.14. The van der Waals surface area contributed by atoms with Crippen molar-refractivity contribution < 1.29 is 57.0 Å². The molecule has 0 bridgehead atoms. The fourth-order valence-electron chi connectivity index (χ4n) is 7.17. The highest BCUT2D eigenvalue weighted by molar-refractivity contribution is 7.80. The normalized spacial score (nSPS) is 21.6. The van der Waals surface area contributed by atoms with E-state index in [0.717, 1.165) is 57.8 Å². The van der Waals surface area contributed by atoms with E-state index in [-0.39, 0.29) is 6.42 Å². The van der Waals surface area contributed by atoms with Gasteiger partial charge >= 0.3 is 10.4 Å². The van der Waals surface area contributed by atoms with Crippen LogP contribution in [0.4, 0.5) is 0 Å². The van der Waals surface area contributed by atoms with Crippen LogP contribution in [0.1, 0.15) is 181 Å². The summed E-state index contributed by atoms with van der Waals surface area (Å²) in [5.41, 5.74) is 0. The Balaban J connectivity index is 2.59. The van der Waals surface area contributed by atoms with Gasteiger partial charge in [-0.05, 0) is 57.8 Å². The van der Waals surface area contributed by atoms with Crippen molar-refractivity contribution in [1.82, 2.24) is 5.32 Å². The molecule has 0 aliphatic carbocycles. The van der Waals surface area contributed by atoms with Crippen LogP contribution < -0.4 is 5.32 Å². The summed E-state index contributed by atoms with van der Waals surface area (Å²) in [5.74, 6) is -0.718. The molecule has 61 heavy (non-hydrogen) atoms. The zero-order chi connectivity index (χ0) is 45.0. The van der Waals surface area contributed by atoms with Gasteiger partial charge < -0.3 is 40.3 Å². The third kappa shape index (κ3) is 29.9. The van der Waals surface area contributed by atoms with E-state index in [1.807, 2.05) is 0 Å². The predicted octanol–water partition coefficient (Wildman–Crippen LogP) is 8.24. The molecule has 0 aromatic heterocycles. The predicted molar refractivity (Wildman–Crippen MR) is 242 cm³/mol. The van der Waals surface area contributed by atoms with Gasteiger partial charge in [-0.1, -0.05) is 172 Å². The summed E-state index contributed by atoms with van der Waals surface area (Å²) in [6.07, 6.45) is 33.3. The van der Waals surface area contributed by atoms with E-state index < -0.39 is 78.5 Å².